The fourth-order valence-corrected chi connectivity index (χ4v) is 0.452. The number of aliphatic imine (C=N–C) groups is 1. The fourth-order valence-electron chi connectivity index (χ4n) is 0.403. The van der Waals surface area contributed by atoms with Crippen LogP contribution in [-0.4, -0.2) is 13.3 Å². The number of hydrogen-bond donors (Lipinski definition) is 0. The monoisotopic (exact) mass is 143 g/mol. The predicted octanol–water partition coefficient (Wildman–Crippen LogP) is 2.39. The lowest BCUT2D eigenvalue weighted by molar-refractivity contribution is 1.46. The van der Waals surface area contributed by atoms with Crippen molar-refractivity contribution in [2.75, 3.05) is 7.05 Å². The van der Waals surface area contributed by atoms with Gasteiger partial charge in [0.15, 0.2) is 0 Å². The van der Waals surface area contributed by atoms with Crippen molar-refractivity contribution in [3.05, 3.63) is 23.3 Å². The molecule has 0 spiro atoms. The molecule has 0 aromatic rings. The van der Waals surface area contributed by atoms with E-state index < -0.39 is 0 Å². The number of allylic oxidation sites excluding steroid dienone is 3. The van der Waals surface area contributed by atoms with E-state index >= 15 is 0 Å². The van der Waals surface area contributed by atoms with Crippen LogP contribution in [0.5, 0.6) is 0 Å². The molecule has 0 fully saturated rings. The summed E-state index contributed by atoms with van der Waals surface area (Å²) in [7, 11) is 1.69. The first-order chi connectivity index (χ1) is 4.22. The highest BCUT2D eigenvalue weighted by Gasteiger charge is 1.90. The summed E-state index contributed by atoms with van der Waals surface area (Å²) in [6.45, 7) is 5.52. The van der Waals surface area contributed by atoms with Crippen LogP contribution in [0.1, 0.15) is 6.92 Å². The molecule has 0 aromatic carbocycles. The molecule has 0 aliphatic heterocycles. The van der Waals surface area contributed by atoms with Crippen molar-refractivity contribution < 1.29 is 0 Å². The molecule has 50 valence electrons. The van der Waals surface area contributed by atoms with Gasteiger partial charge >= 0.3 is 0 Å². The summed E-state index contributed by atoms with van der Waals surface area (Å²) in [6.07, 6.45) is 3.41. The van der Waals surface area contributed by atoms with E-state index in [9.17, 15) is 0 Å². The van der Waals surface area contributed by atoms with E-state index in [0.29, 0.717) is 5.03 Å². The number of hydrogen-bond acceptors (Lipinski definition) is 1. The second-order valence-corrected chi connectivity index (χ2v) is 1.96. The Balaban J connectivity index is 4.05. The zero-order valence-corrected chi connectivity index (χ0v) is 6.44. The Morgan fingerprint density at radius 1 is 1.67 bits per heavy atom. The molecule has 0 amide bonds. The average molecular weight is 144 g/mol. The summed E-state index contributed by atoms with van der Waals surface area (Å²) in [4.78, 5) is 3.75. The summed E-state index contributed by atoms with van der Waals surface area (Å²) in [5.41, 5.74) is 0.752. The summed E-state index contributed by atoms with van der Waals surface area (Å²) in [5, 5.41) is 0.653. The minimum atomic E-state index is 0.653. The van der Waals surface area contributed by atoms with Crippen LogP contribution in [0.2, 0.25) is 0 Å². The van der Waals surface area contributed by atoms with Crippen LogP contribution in [0.15, 0.2) is 28.3 Å². The Morgan fingerprint density at radius 3 is 2.56 bits per heavy atom. The highest BCUT2D eigenvalue weighted by molar-refractivity contribution is 6.34. The molecule has 0 rings (SSSR count). The Labute approximate surface area is 60.7 Å². The molecule has 0 aliphatic rings. The minimum Gasteiger partial charge on any atom is -0.296 e. The molecule has 0 bridgehead atoms. The van der Waals surface area contributed by atoms with Gasteiger partial charge in [-0.2, -0.15) is 0 Å². The Kier molecular flexibility index (Phi) is 4.06. The average Bonchev–Trinajstić information content (AvgIpc) is 1.87. The third-order valence-electron chi connectivity index (χ3n) is 0.845. The highest BCUT2D eigenvalue weighted by Crippen LogP contribution is 2.09. The number of halogens is 1. The quantitative estimate of drug-likeness (QED) is 0.416. The number of nitrogens with zero attached hydrogens (tertiary/aromatic N) is 1. The van der Waals surface area contributed by atoms with Crippen LogP contribution in [0.4, 0.5) is 0 Å². The Hall–Kier alpha value is -0.560. The second-order valence-electron chi connectivity index (χ2n) is 1.55. The summed E-state index contributed by atoms with van der Waals surface area (Å²) in [6, 6.07) is 0. The van der Waals surface area contributed by atoms with Gasteiger partial charge in [-0.25, -0.2) is 0 Å². The lowest BCUT2D eigenvalue weighted by atomic mass is 10.3. The van der Waals surface area contributed by atoms with Gasteiger partial charge in [0, 0.05) is 23.9 Å². The van der Waals surface area contributed by atoms with E-state index in [1.165, 1.54) is 0 Å². The molecular weight excluding hydrogens is 134 g/mol. The van der Waals surface area contributed by atoms with Gasteiger partial charge in [0.05, 0.1) is 0 Å². The molecule has 9 heavy (non-hydrogen) atoms. The van der Waals surface area contributed by atoms with E-state index in [1.807, 2.05) is 6.92 Å². The first-order valence-corrected chi connectivity index (χ1v) is 3.03. The molecule has 0 radical (unpaired) electrons. The standard InChI is InChI=1S/C7H10ClN/c1-4-7(8)6(2)5-9-3/h4-5H,2H2,1,3H3/b7-4+,9-5+. The highest BCUT2D eigenvalue weighted by atomic mass is 35.5. The zero-order valence-electron chi connectivity index (χ0n) is 5.69. The fraction of sp³-hybridized carbons (Fsp3) is 0.286. The van der Waals surface area contributed by atoms with E-state index in [4.69, 9.17) is 11.6 Å². The van der Waals surface area contributed by atoms with Gasteiger partial charge in [-0.15, -0.1) is 0 Å². The summed E-state index contributed by atoms with van der Waals surface area (Å²) in [5.74, 6) is 0. The molecule has 0 aliphatic carbocycles. The van der Waals surface area contributed by atoms with Crippen LogP contribution >= 0.6 is 11.6 Å². The second kappa shape index (κ2) is 4.33. The maximum Gasteiger partial charge on any atom is 0.0445 e. The zero-order chi connectivity index (χ0) is 7.28. The first-order valence-electron chi connectivity index (χ1n) is 2.65. The van der Waals surface area contributed by atoms with Gasteiger partial charge in [-0.3, -0.25) is 4.99 Å². The van der Waals surface area contributed by atoms with E-state index in [1.54, 1.807) is 19.3 Å². The maximum absolute atomic E-state index is 5.66. The topological polar surface area (TPSA) is 12.4 Å². The van der Waals surface area contributed by atoms with Crippen molar-refractivity contribution >= 4 is 17.8 Å². The molecule has 0 aromatic heterocycles. The third-order valence-corrected chi connectivity index (χ3v) is 1.31. The van der Waals surface area contributed by atoms with Crippen molar-refractivity contribution in [1.82, 2.24) is 0 Å². The van der Waals surface area contributed by atoms with E-state index in [2.05, 4.69) is 11.6 Å². The van der Waals surface area contributed by atoms with E-state index in [-0.39, 0.29) is 0 Å². The Bertz CT molecular complexity index is 156. The van der Waals surface area contributed by atoms with Gasteiger partial charge < -0.3 is 0 Å². The first kappa shape index (κ1) is 8.44. The molecule has 0 unspecified atom stereocenters. The van der Waals surface area contributed by atoms with Crippen LogP contribution in [0.25, 0.3) is 0 Å². The lowest BCUT2D eigenvalue weighted by Gasteiger charge is -1.91. The van der Waals surface area contributed by atoms with Gasteiger partial charge in [-0.1, -0.05) is 24.3 Å². The number of rotatable bonds is 2. The van der Waals surface area contributed by atoms with Crippen LogP contribution in [-0.2, 0) is 0 Å². The Morgan fingerprint density at radius 2 is 2.22 bits per heavy atom. The van der Waals surface area contributed by atoms with Gasteiger partial charge in [0.25, 0.3) is 0 Å². The smallest absolute Gasteiger partial charge is 0.0445 e. The maximum atomic E-state index is 5.66. The van der Waals surface area contributed by atoms with Crippen LogP contribution in [0.3, 0.4) is 0 Å². The van der Waals surface area contributed by atoms with Gasteiger partial charge in [0.1, 0.15) is 0 Å². The molecule has 1 nitrogen and oxygen atoms in total. The third kappa shape index (κ3) is 3.09. The molecule has 0 saturated heterocycles. The van der Waals surface area contributed by atoms with Gasteiger partial charge in [0.2, 0.25) is 0 Å². The molecule has 0 N–H and O–H groups in total. The molecule has 0 saturated carbocycles. The summed E-state index contributed by atoms with van der Waals surface area (Å²) >= 11 is 5.66. The van der Waals surface area contributed by atoms with Gasteiger partial charge in [-0.05, 0) is 6.92 Å². The van der Waals surface area contributed by atoms with Crippen molar-refractivity contribution in [1.29, 1.82) is 0 Å². The van der Waals surface area contributed by atoms with Crippen molar-refractivity contribution in [2.45, 2.75) is 6.92 Å². The predicted molar refractivity (Wildman–Crippen MR) is 43.2 cm³/mol. The molecule has 0 heterocycles. The molecule has 2 heteroatoms. The molecule has 0 atom stereocenters. The van der Waals surface area contributed by atoms with Crippen LogP contribution in [0, 0.1) is 0 Å². The minimum absolute atomic E-state index is 0.653. The van der Waals surface area contributed by atoms with Crippen molar-refractivity contribution in [3.63, 3.8) is 0 Å². The van der Waals surface area contributed by atoms with Crippen molar-refractivity contribution in [2.24, 2.45) is 4.99 Å². The van der Waals surface area contributed by atoms with E-state index in [0.717, 1.165) is 5.57 Å². The largest absolute Gasteiger partial charge is 0.296 e. The van der Waals surface area contributed by atoms with Crippen molar-refractivity contribution in [3.8, 4) is 0 Å². The summed E-state index contributed by atoms with van der Waals surface area (Å²) < 4.78 is 0. The SMILES string of the molecule is C=C(/C=N/C)/C(Cl)=C\C. The van der Waals surface area contributed by atoms with Crippen LogP contribution < -0.4 is 0 Å². The lowest BCUT2D eigenvalue weighted by Crippen LogP contribution is -1.80. The normalized spacial score (nSPS) is 12.6. The molecular formula is C7H10ClN.